The van der Waals surface area contributed by atoms with E-state index in [0.717, 1.165) is 5.69 Å². The van der Waals surface area contributed by atoms with E-state index in [1.807, 2.05) is 18.4 Å². The van der Waals surface area contributed by atoms with Gasteiger partial charge in [-0.15, -0.1) is 16.4 Å². The van der Waals surface area contributed by atoms with Crippen LogP contribution in [0.2, 0.25) is 0 Å². The van der Waals surface area contributed by atoms with Crippen LogP contribution in [0.4, 0.5) is 0 Å². The van der Waals surface area contributed by atoms with Crippen molar-refractivity contribution >= 4 is 22.9 Å². The van der Waals surface area contributed by atoms with Gasteiger partial charge in [0.15, 0.2) is 0 Å². The molecule has 0 aromatic carbocycles. The molecule has 2 aromatic heterocycles. The Hall–Kier alpha value is -0.780. The van der Waals surface area contributed by atoms with Gasteiger partial charge in [-0.2, -0.15) is 0 Å². The van der Waals surface area contributed by atoms with Crippen molar-refractivity contribution in [1.82, 2.24) is 14.9 Å². The first-order valence-corrected chi connectivity index (χ1v) is 7.59. The Morgan fingerprint density at radius 2 is 2.00 bits per heavy atom. The fraction of sp³-hybridized carbons (Fsp3) is 0.538. The van der Waals surface area contributed by atoms with Gasteiger partial charge in [0.1, 0.15) is 0 Å². The topological polar surface area (TPSA) is 37.8 Å². The molecule has 1 N–H and O–H groups in total. The number of thiophene rings is 1. The van der Waals surface area contributed by atoms with E-state index in [1.165, 1.54) is 26.2 Å². The summed E-state index contributed by atoms with van der Waals surface area (Å²) in [6.45, 7) is 8.68. The lowest BCUT2D eigenvalue weighted by Gasteiger charge is -2.20. The molecule has 2 rings (SSSR count). The molecular formula is C13H19N3S2. The lowest BCUT2D eigenvalue weighted by Crippen LogP contribution is -2.21. The first kappa shape index (κ1) is 13.6. The predicted molar refractivity (Wildman–Crippen MR) is 78.6 cm³/mol. The lowest BCUT2D eigenvalue weighted by atomic mass is 9.90. The fourth-order valence-electron chi connectivity index (χ4n) is 1.92. The molecule has 98 valence electrons. The molecule has 0 aliphatic carbocycles. The number of aryl methyl sites for hydroxylation is 1. The van der Waals surface area contributed by atoms with Gasteiger partial charge in [-0.1, -0.05) is 25.3 Å². The molecule has 0 aliphatic rings. The molecular weight excluding hydrogens is 262 g/mol. The Morgan fingerprint density at radius 3 is 2.50 bits per heavy atom. The molecule has 0 spiro atoms. The van der Waals surface area contributed by atoms with Crippen molar-refractivity contribution in [2.45, 2.75) is 39.2 Å². The van der Waals surface area contributed by atoms with Gasteiger partial charge in [0.25, 0.3) is 0 Å². The SMILES string of the molecule is CNC(c1ccc(C)s1)c1snnc1C(C)(C)C. The summed E-state index contributed by atoms with van der Waals surface area (Å²) < 4.78 is 4.15. The summed E-state index contributed by atoms with van der Waals surface area (Å²) in [5.74, 6) is 0. The summed E-state index contributed by atoms with van der Waals surface area (Å²) in [5.41, 5.74) is 1.13. The van der Waals surface area contributed by atoms with Crippen molar-refractivity contribution < 1.29 is 0 Å². The third kappa shape index (κ3) is 2.63. The van der Waals surface area contributed by atoms with E-state index < -0.39 is 0 Å². The molecule has 5 heteroatoms. The highest BCUT2D eigenvalue weighted by molar-refractivity contribution is 7.12. The van der Waals surface area contributed by atoms with Crippen LogP contribution in [0.15, 0.2) is 12.1 Å². The van der Waals surface area contributed by atoms with Crippen LogP contribution in [0, 0.1) is 6.92 Å². The zero-order chi connectivity index (χ0) is 13.3. The van der Waals surface area contributed by atoms with E-state index in [0.29, 0.717) is 0 Å². The highest BCUT2D eigenvalue weighted by atomic mass is 32.1. The summed E-state index contributed by atoms with van der Waals surface area (Å²) in [7, 11) is 1.99. The van der Waals surface area contributed by atoms with Crippen molar-refractivity contribution in [3.8, 4) is 0 Å². The molecule has 2 heterocycles. The van der Waals surface area contributed by atoms with Gasteiger partial charge < -0.3 is 5.32 Å². The highest BCUT2D eigenvalue weighted by Crippen LogP contribution is 2.35. The van der Waals surface area contributed by atoms with Gasteiger partial charge in [0, 0.05) is 15.2 Å². The largest absolute Gasteiger partial charge is 0.308 e. The Labute approximate surface area is 116 Å². The molecule has 0 saturated heterocycles. The maximum Gasteiger partial charge on any atom is 0.0860 e. The van der Waals surface area contributed by atoms with Crippen molar-refractivity contribution in [2.24, 2.45) is 0 Å². The quantitative estimate of drug-likeness (QED) is 0.935. The zero-order valence-electron chi connectivity index (χ0n) is 11.4. The van der Waals surface area contributed by atoms with Gasteiger partial charge in [0.2, 0.25) is 0 Å². The van der Waals surface area contributed by atoms with Crippen LogP contribution >= 0.6 is 22.9 Å². The summed E-state index contributed by atoms with van der Waals surface area (Å²) in [5, 5.41) is 7.71. The molecule has 0 amide bonds. The number of nitrogens with one attached hydrogen (secondary N) is 1. The molecule has 1 unspecified atom stereocenters. The molecule has 18 heavy (non-hydrogen) atoms. The maximum absolute atomic E-state index is 4.32. The van der Waals surface area contributed by atoms with Gasteiger partial charge in [-0.25, -0.2) is 0 Å². The number of rotatable bonds is 3. The van der Waals surface area contributed by atoms with Crippen LogP contribution in [0.5, 0.6) is 0 Å². The minimum Gasteiger partial charge on any atom is -0.308 e. The normalized spacial score (nSPS) is 13.8. The monoisotopic (exact) mass is 281 g/mol. The molecule has 0 saturated carbocycles. The van der Waals surface area contributed by atoms with E-state index in [9.17, 15) is 0 Å². The Bertz CT molecular complexity index is 522. The fourth-order valence-corrected chi connectivity index (χ4v) is 3.98. The average molecular weight is 281 g/mol. The maximum atomic E-state index is 4.32. The molecule has 0 bridgehead atoms. The van der Waals surface area contributed by atoms with Gasteiger partial charge in [0.05, 0.1) is 16.6 Å². The summed E-state index contributed by atoms with van der Waals surface area (Å²) >= 11 is 3.32. The molecule has 0 aliphatic heterocycles. The first-order chi connectivity index (χ1) is 8.43. The minimum absolute atomic E-state index is 0.0315. The molecule has 0 radical (unpaired) electrons. The Kier molecular flexibility index (Phi) is 3.84. The third-order valence-corrected chi connectivity index (χ3v) is 4.67. The van der Waals surface area contributed by atoms with E-state index in [2.05, 4.69) is 54.7 Å². The van der Waals surface area contributed by atoms with Crippen molar-refractivity contribution in [3.63, 3.8) is 0 Å². The minimum atomic E-state index is 0.0315. The van der Waals surface area contributed by atoms with Crippen LogP contribution in [-0.4, -0.2) is 16.6 Å². The molecule has 1 atom stereocenters. The predicted octanol–water partition coefficient (Wildman–Crippen LogP) is 3.51. The summed E-state index contributed by atoms with van der Waals surface area (Å²) in [6.07, 6.45) is 0. The van der Waals surface area contributed by atoms with Gasteiger partial charge in [-0.05, 0) is 37.6 Å². The van der Waals surface area contributed by atoms with E-state index >= 15 is 0 Å². The molecule has 0 fully saturated rings. The number of nitrogens with zero attached hydrogens (tertiary/aromatic N) is 2. The number of hydrogen-bond donors (Lipinski definition) is 1. The van der Waals surface area contributed by atoms with Crippen molar-refractivity contribution in [1.29, 1.82) is 0 Å². The van der Waals surface area contributed by atoms with Gasteiger partial charge >= 0.3 is 0 Å². The van der Waals surface area contributed by atoms with Crippen molar-refractivity contribution in [2.75, 3.05) is 7.05 Å². The van der Waals surface area contributed by atoms with Crippen molar-refractivity contribution in [3.05, 3.63) is 32.5 Å². The van der Waals surface area contributed by atoms with E-state index in [1.54, 1.807) is 0 Å². The number of aromatic nitrogens is 2. The summed E-state index contributed by atoms with van der Waals surface area (Å²) in [6, 6.07) is 4.56. The van der Waals surface area contributed by atoms with E-state index in [4.69, 9.17) is 0 Å². The van der Waals surface area contributed by atoms with Crippen LogP contribution in [0.3, 0.4) is 0 Å². The lowest BCUT2D eigenvalue weighted by molar-refractivity contribution is 0.550. The highest BCUT2D eigenvalue weighted by Gasteiger charge is 2.27. The van der Waals surface area contributed by atoms with E-state index in [-0.39, 0.29) is 11.5 Å². The van der Waals surface area contributed by atoms with Crippen LogP contribution in [-0.2, 0) is 5.41 Å². The average Bonchev–Trinajstić information content (AvgIpc) is 2.88. The first-order valence-electron chi connectivity index (χ1n) is 6.00. The Morgan fingerprint density at radius 1 is 1.28 bits per heavy atom. The standard InChI is InChI=1S/C13H19N3S2/c1-8-6-7-9(17-8)10(14-5)11-12(13(2,3)4)15-16-18-11/h6-7,10,14H,1-5H3. The van der Waals surface area contributed by atoms with Crippen LogP contribution in [0.25, 0.3) is 0 Å². The smallest absolute Gasteiger partial charge is 0.0860 e. The second-order valence-corrected chi connectivity index (χ2v) is 7.51. The van der Waals surface area contributed by atoms with Crippen LogP contribution in [0.1, 0.15) is 47.1 Å². The molecule has 2 aromatic rings. The zero-order valence-corrected chi connectivity index (χ0v) is 13.1. The third-order valence-electron chi connectivity index (χ3n) is 2.82. The Balaban J connectivity index is 2.43. The van der Waals surface area contributed by atoms with Crippen LogP contribution < -0.4 is 5.32 Å². The number of hydrogen-bond acceptors (Lipinski definition) is 5. The summed E-state index contributed by atoms with van der Waals surface area (Å²) in [4.78, 5) is 3.89. The molecule has 3 nitrogen and oxygen atoms in total. The van der Waals surface area contributed by atoms with Gasteiger partial charge in [-0.3, -0.25) is 0 Å². The second-order valence-electron chi connectivity index (χ2n) is 5.41. The second kappa shape index (κ2) is 5.07.